The molecular formula is C10H21NO2. The van der Waals surface area contributed by atoms with Crippen LogP contribution in [0.2, 0.25) is 0 Å². The van der Waals surface area contributed by atoms with Gasteiger partial charge in [-0.3, -0.25) is 10.0 Å². The lowest BCUT2D eigenvalue weighted by Crippen LogP contribution is -2.42. The molecule has 13 heavy (non-hydrogen) atoms. The molecule has 0 unspecified atom stereocenters. The van der Waals surface area contributed by atoms with E-state index in [0.29, 0.717) is 6.42 Å². The fraction of sp³-hybridized carbons (Fsp3) is 0.900. The fourth-order valence-corrected chi connectivity index (χ4v) is 1.01. The van der Waals surface area contributed by atoms with Crippen molar-refractivity contribution in [1.82, 2.24) is 5.06 Å². The lowest BCUT2D eigenvalue weighted by molar-refractivity contribution is -0.186. The standard InChI is InChI=1S/C10H21NO2/c1-5-6-7-8-9(12)11(13)10(2,3)4/h13H,5-8H2,1-4H3. The van der Waals surface area contributed by atoms with Gasteiger partial charge in [-0.2, -0.15) is 0 Å². The number of hydrogen-bond donors (Lipinski definition) is 1. The molecule has 0 spiro atoms. The van der Waals surface area contributed by atoms with Crippen LogP contribution in [0.15, 0.2) is 0 Å². The second-order valence-electron chi connectivity index (χ2n) is 4.33. The van der Waals surface area contributed by atoms with Gasteiger partial charge in [-0.05, 0) is 27.2 Å². The van der Waals surface area contributed by atoms with Crippen LogP contribution >= 0.6 is 0 Å². The van der Waals surface area contributed by atoms with Crippen LogP contribution in [0.5, 0.6) is 0 Å². The summed E-state index contributed by atoms with van der Waals surface area (Å²) in [5.74, 6) is -0.180. The second-order valence-corrected chi connectivity index (χ2v) is 4.33. The molecule has 3 nitrogen and oxygen atoms in total. The Hall–Kier alpha value is -0.570. The highest BCUT2D eigenvalue weighted by Gasteiger charge is 2.23. The van der Waals surface area contributed by atoms with E-state index in [0.717, 1.165) is 24.3 Å². The van der Waals surface area contributed by atoms with Gasteiger partial charge in [0.2, 0.25) is 5.91 Å². The molecule has 0 saturated carbocycles. The smallest absolute Gasteiger partial charge is 0.246 e. The normalized spacial score (nSPS) is 11.5. The molecule has 0 saturated heterocycles. The van der Waals surface area contributed by atoms with Gasteiger partial charge in [-0.15, -0.1) is 0 Å². The van der Waals surface area contributed by atoms with E-state index in [2.05, 4.69) is 6.92 Å². The molecular weight excluding hydrogens is 166 g/mol. The molecule has 0 radical (unpaired) electrons. The highest BCUT2D eigenvalue weighted by Crippen LogP contribution is 2.12. The van der Waals surface area contributed by atoms with Crippen molar-refractivity contribution in [3.63, 3.8) is 0 Å². The Labute approximate surface area is 80.7 Å². The van der Waals surface area contributed by atoms with Crippen LogP contribution in [0.25, 0.3) is 0 Å². The van der Waals surface area contributed by atoms with Gasteiger partial charge in [0.1, 0.15) is 0 Å². The number of hydrogen-bond acceptors (Lipinski definition) is 2. The monoisotopic (exact) mass is 187 g/mol. The molecule has 78 valence electrons. The molecule has 0 aromatic heterocycles. The summed E-state index contributed by atoms with van der Waals surface area (Å²) in [5, 5.41) is 10.3. The van der Waals surface area contributed by atoms with Gasteiger partial charge in [0.05, 0.1) is 5.54 Å². The van der Waals surface area contributed by atoms with Gasteiger partial charge in [0.15, 0.2) is 0 Å². The van der Waals surface area contributed by atoms with Crippen LogP contribution in [-0.4, -0.2) is 21.7 Å². The first kappa shape index (κ1) is 12.4. The summed E-state index contributed by atoms with van der Waals surface area (Å²) in [6.07, 6.45) is 3.45. The van der Waals surface area contributed by atoms with Crippen molar-refractivity contribution in [2.75, 3.05) is 0 Å². The lowest BCUT2D eigenvalue weighted by atomic mass is 10.1. The van der Waals surface area contributed by atoms with Crippen LogP contribution in [0.4, 0.5) is 0 Å². The summed E-state index contributed by atoms with van der Waals surface area (Å²) < 4.78 is 0. The minimum atomic E-state index is -0.483. The van der Waals surface area contributed by atoms with E-state index in [4.69, 9.17) is 0 Å². The topological polar surface area (TPSA) is 40.5 Å². The van der Waals surface area contributed by atoms with Crippen molar-refractivity contribution < 1.29 is 10.0 Å². The summed E-state index contributed by atoms with van der Waals surface area (Å²) in [7, 11) is 0. The van der Waals surface area contributed by atoms with Gasteiger partial charge < -0.3 is 0 Å². The number of amides is 1. The average Bonchev–Trinajstić information content (AvgIpc) is 2.01. The summed E-state index contributed by atoms with van der Waals surface area (Å²) in [6.45, 7) is 7.52. The molecule has 0 heterocycles. The molecule has 0 aromatic rings. The Bertz CT molecular complexity index is 161. The zero-order valence-electron chi connectivity index (χ0n) is 9.13. The molecule has 0 aliphatic rings. The van der Waals surface area contributed by atoms with E-state index >= 15 is 0 Å². The molecule has 0 aromatic carbocycles. The third-order valence-corrected chi connectivity index (χ3v) is 1.87. The highest BCUT2D eigenvalue weighted by atomic mass is 16.5. The largest absolute Gasteiger partial charge is 0.285 e. The van der Waals surface area contributed by atoms with Crippen molar-refractivity contribution in [3.05, 3.63) is 0 Å². The number of carbonyl (C=O) groups excluding carboxylic acids is 1. The molecule has 0 atom stereocenters. The summed E-state index contributed by atoms with van der Waals surface area (Å²) in [5.41, 5.74) is -0.483. The van der Waals surface area contributed by atoms with Crippen molar-refractivity contribution in [1.29, 1.82) is 0 Å². The minimum Gasteiger partial charge on any atom is -0.285 e. The maximum Gasteiger partial charge on any atom is 0.246 e. The quantitative estimate of drug-likeness (QED) is 0.417. The Balaban J connectivity index is 3.84. The summed E-state index contributed by atoms with van der Waals surface area (Å²) in [6, 6.07) is 0. The molecule has 0 fully saturated rings. The van der Waals surface area contributed by atoms with E-state index in [9.17, 15) is 10.0 Å². The number of rotatable bonds is 4. The number of nitrogens with zero attached hydrogens (tertiary/aromatic N) is 1. The Morgan fingerprint density at radius 1 is 1.31 bits per heavy atom. The summed E-state index contributed by atoms with van der Waals surface area (Å²) in [4.78, 5) is 11.3. The Morgan fingerprint density at radius 3 is 2.23 bits per heavy atom. The highest BCUT2D eigenvalue weighted by molar-refractivity contribution is 5.75. The molecule has 1 amide bonds. The van der Waals surface area contributed by atoms with E-state index < -0.39 is 5.54 Å². The predicted octanol–water partition coefficient (Wildman–Crippen LogP) is 2.58. The van der Waals surface area contributed by atoms with E-state index in [-0.39, 0.29) is 5.91 Å². The maximum absolute atomic E-state index is 11.3. The molecule has 0 aliphatic heterocycles. The molecule has 0 aliphatic carbocycles. The third-order valence-electron chi connectivity index (χ3n) is 1.87. The molecule has 0 rings (SSSR count). The number of hydroxylamine groups is 2. The van der Waals surface area contributed by atoms with Crippen molar-refractivity contribution in [2.24, 2.45) is 0 Å². The molecule has 0 bridgehead atoms. The van der Waals surface area contributed by atoms with Gasteiger partial charge in [0.25, 0.3) is 0 Å². The fourth-order valence-electron chi connectivity index (χ4n) is 1.01. The SMILES string of the molecule is CCCCCC(=O)N(O)C(C)(C)C. The van der Waals surface area contributed by atoms with Gasteiger partial charge >= 0.3 is 0 Å². The van der Waals surface area contributed by atoms with Crippen molar-refractivity contribution >= 4 is 5.91 Å². The van der Waals surface area contributed by atoms with Crippen LogP contribution in [0.3, 0.4) is 0 Å². The van der Waals surface area contributed by atoms with Crippen molar-refractivity contribution in [3.8, 4) is 0 Å². The van der Waals surface area contributed by atoms with Crippen LogP contribution < -0.4 is 0 Å². The van der Waals surface area contributed by atoms with E-state index in [1.807, 2.05) is 20.8 Å². The van der Waals surface area contributed by atoms with Crippen molar-refractivity contribution in [2.45, 2.75) is 58.9 Å². The van der Waals surface area contributed by atoms with E-state index in [1.165, 1.54) is 0 Å². The lowest BCUT2D eigenvalue weighted by Gasteiger charge is -2.29. The van der Waals surface area contributed by atoms with Gasteiger partial charge in [0, 0.05) is 6.42 Å². The van der Waals surface area contributed by atoms with Gasteiger partial charge in [-0.25, -0.2) is 5.06 Å². The summed E-state index contributed by atoms with van der Waals surface area (Å²) >= 11 is 0. The first-order valence-corrected chi connectivity index (χ1v) is 4.91. The van der Waals surface area contributed by atoms with Crippen LogP contribution in [-0.2, 0) is 4.79 Å². The minimum absolute atomic E-state index is 0.180. The Morgan fingerprint density at radius 2 is 1.85 bits per heavy atom. The first-order valence-electron chi connectivity index (χ1n) is 4.91. The zero-order chi connectivity index (χ0) is 10.5. The molecule has 3 heteroatoms. The number of unbranched alkanes of at least 4 members (excludes halogenated alkanes) is 2. The number of carbonyl (C=O) groups is 1. The first-order chi connectivity index (χ1) is 5.89. The maximum atomic E-state index is 11.3. The zero-order valence-corrected chi connectivity index (χ0v) is 9.13. The molecule has 1 N–H and O–H groups in total. The van der Waals surface area contributed by atoms with Crippen LogP contribution in [0, 0.1) is 0 Å². The predicted molar refractivity (Wildman–Crippen MR) is 52.5 cm³/mol. The third kappa shape index (κ3) is 4.88. The van der Waals surface area contributed by atoms with Crippen LogP contribution in [0.1, 0.15) is 53.4 Å². The average molecular weight is 187 g/mol. The van der Waals surface area contributed by atoms with E-state index in [1.54, 1.807) is 0 Å². The Kier molecular flexibility index (Phi) is 4.99. The second kappa shape index (κ2) is 5.22. The van der Waals surface area contributed by atoms with Gasteiger partial charge in [-0.1, -0.05) is 19.8 Å².